The van der Waals surface area contributed by atoms with Gasteiger partial charge < -0.3 is 5.32 Å². The molecular weight excluding hydrogens is 251 g/mol. The quantitative estimate of drug-likeness (QED) is 0.886. The van der Waals surface area contributed by atoms with Crippen molar-refractivity contribution in [2.24, 2.45) is 5.92 Å². The predicted octanol–water partition coefficient (Wildman–Crippen LogP) is 3.52. The molecule has 0 radical (unpaired) electrons. The molecule has 2 atom stereocenters. The van der Waals surface area contributed by atoms with Crippen LogP contribution in [0.4, 0.5) is 4.39 Å². The van der Waals surface area contributed by atoms with E-state index in [1.54, 1.807) is 6.07 Å². The lowest BCUT2D eigenvalue weighted by atomic mass is 9.83. The first-order chi connectivity index (χ1) is 9.67. The van der Waals surface area contributed by atoms with Crippen molar-refractivity contribution >= 4 is 0 Å². The summed E-state index contributed by atoms with van der Waals surface area (Å²) in [5.74, 6) is 0.446. The molecule has 2 rings (SSSR count). The summed E-state index contributed by atoms with van der Waals surface area (Å²) in [4.78, 5) is 2.48. The Labute approximate surface area is 122 Å². The highest BCUT2D eigenvalue weighted by Gasteiger charge is 2.33. The molecule has 1 heterocycles. The summed E-state index contributed by atoms with van der Waals surface area (Å²) in [7, 11) is 1.99. The highest BCUT2D eigenvalue weighted by molar-refractivity contribution is 5.28. The maximum atomic E-state index is 14.3. The predicted molar refractivity (Wildman–Crippen MR) is 82.4 cm³/mol. The summed E-state index contributed by atoms with van der Waals surface area (Å²) in [6.07, 6.45) is 3.52. The minimum absolute atomic E-state index is 0.0512. The second kappa shape index (κ2) is 7.19. The van der Waals surface area contributed by atoms with Crippen molar-refractivity contribution in [3.8, 4) is 0 Å². The number of nitrogens with zero attached hydrogens (tertiary/aromatic N) is 1. The first-order valence-corrected chi connectivity index (χ1v) is 7.82. The van der Waals surface area contributed by atoms with E-state index >= 15 is 0 Å². The van der Waals surface area contributed by atoms with Crippen LogP contribution in [0.2, 0.25) is 0 Å². The number of piperidine rings is 1. The fourth-order valence-electron chi connectivity index (χ4n) is 3.51. The van der Waals surface area contributed by atoms with Gasteiger partial charge in [-0.25, -0.2) is 4.39 Å². The van der Waals surface area contributed by atoms with E-state index in [0.717, 1.165) is 37.2 Å². The van der Waals surface area contributed by atoms with E-state index in [9.17, 15) is 4.39 Å². The lowest BCUT2D eigenvalue weighted by Gasteiger charge is -2.42. The van der Waals surface area contributed by atoms with Crippen LogP contribution in [0.3, 0.4) is 0 Å². The van der Waals surface area contributed by atoms with E-state index in [1.807, 2.05) is 26.1 Å². The average molecular weight is 278 g/mol. The van der Waals surface area contributed by atoms with Gasteiger partial charge in [0.2, 0.25) is 0 Å². The fourth-order valence-corrected chi connectivity index (χ4v) is 3.51. The lowest BCUT2D eigenvalue weighted by Crippen LogP contribution is -2.42. The van der Waals surface area contributed by atoms with Gasteiger partial charge in [-0.05, 0) is 64.9 Å². The maximum absolute atomic E-state index is 14.3. The molecule has 1 aliphatic heterocycles. The van der Waals surface area contributed by atoms with Crippen molar-refractivity contribution in [2.75, 3.05) is 26.7 Å². The molecule has 1 aromatic rings. The number of hydrogen-bond acceptors (Lipinski definition) is 2. The van der Waals surface area contributed by atoms with E-state index in [2.05, 4.69) is 17.1 Å². The average Bonchev–Trinajstić information content (AvgIpc) is 2.43. The van der Waals surface area contributed by atoms with E-state index in [4.69, 9.17) is 0 Å². The number of hydrogen-bond donors (Lipinski definition) is 1. The molecule has 2 nitrogen and oxygen atoms in total. The largest absolute Gasteiger partial charge is 0.319 e. The Kier molecular flexibility index (Phi) is 5.55. The number of halogens is 1. The SMILES string of the molecule is CCCN1CCCC(CNC)C1c1cc(C)ccc1F. The first-order valence-electron chi connectivity index (χ1n) is 7.82. The zero-order chi connectivity index (χ0) is 14.5. The molecule has 1 saturated heterocycles. The number of nitrogens with one attached hydrogen (secondary N) is 1. The zero-order valence-electron chi connectivity index (χ0n) is 13.0. The summed E-state index contributed by atoms with van der Waals surface area (Å²) < 4.78 is 14.3. The van der Waals surface area contributed by atoms with Crippen LogP contribution in [0.15, 0.2) is 18.2 Å². The molecule has 20 heavy (non-hydrogen) atoms. The molecule has 1 N–H and O–H groups in total. The van der Waals surface area contributed by atoms with Crippen LogP contribution in [-0.2, 0) is 0 Å². The van der Waals surface area contributed by atoms with E-state index in [-0.39, 0.29) is 11.9 Å². The molecule has 1 aliphatic rings. The molecule has 1 fully saturated rings. The second-order valence-corrected chi connectivity index (χ2v) is 5.97. The van der Waals surface area contributed by atoms with Crippen LogP contribution in [0.25, 0.3) is 0 Å². The minimum Gasteiger partial charge on any atom is -0.319 e. The van der Waals surface area contributed by atoms with Crippen molar-refractivity contribution in [1.82, 2.24) is 10.2 Å². The number of rotatable bonds is 5. The minimum atomic E-state index is -0.0512. The molecule has 0 saturated carbocycles. The smallest absolute Gasteiger partial charge is 0.128 e. The summed E-state index contributed by atoms with van der Waals surface area (Å²) in [6, 6.07) is 5.74. The van der Waals surface area contributed by atoms with Crippen LogP contribution < -0.4 is 5.32 Å². The van der Waals surface area contributed by atoms with Gasteiger partial charge in [-0.1, -0.05) is 24.6 Å². The van der Waals surface area contributed by atoms with Gasteiger partial charge in [0.1, 0.15) is 5.82 Å². The molecule has 0 aliphatic carbocycles. The Bertz CT molecular complexity index is 415. The highest BCUT2D eigenvalue weighted by atomic mass is 19.1. The van der Waals surface area contributed by atoms with Gasteiger partial charge in [0.25, 0.3) is 0 Å². The molecule has 0 aromatic heterocycles. The Hall–Kier alpha value is -0.930. The third-order valence-electron chi connectivity index (χ3n) is 4.31. The Morgan fingerprint density at radius 1 is 1.40 bits per heavy atom. The van der Waals surface area contributed by atoms with Gasteiger partial charge in [-0.15, -0.1) is 0 Å². The molecule has 0 bridgehead atoms. The van der Waals surface area contributed by atoms with E-state index in [1.165, 1.54) is 12.8 Å². The van der Waals surface area contributed by atoms with Gasteiger partial charge in [-0.2, -0.15) is 0 Å². The molecular formula is C17H27FN2. The van der Waals surface area contributed by atoms with Crippen LogP contribution in [0.1, 0.15) is 43.4 Å². The number of benzene rings is 1. The molecule has 2 unspecified atom stereocenters. The Morgan fingerprint density at radius 2 is 2.20 bits per heavy atom. The van der Waals surface area contributed by atoms with Crippen molar-refractivity contribution in [3.63, 3.8) is 0 Å². The van der Waals surface area contributed by atoms with E-state index in [0.29, 0.717) is 5.92 Å². The highest BCUT2D eigenvalue weighted by Crippen LogP contribution is 2.37. The van der Waals surface area contributed by atoms with Gasteiger partial charge >= 0.3 is 0 Å². The standard InChI is InChI=1S/C17H27FN2/c1-4-9-20-10-5-6-14(12-19-3)17(20)15-11-13(2)7-8-16(15)18/h7-8,11,14,17,19H,4-6,9-10,12H2,1-3H3. The number of aryl methyl sites for hydroxylation is 1. The van der Waals surface area contributed by atoms with Crippen molar-refractivity contribution in [2.45, 2.75) is 39.2 Å². The maximum Gasteiger partial charge on any atom is 0.128 e. The van der Waals surface area contributed by atoms with Crippen molar-refractivity contribution < 1.29 is 4.39 Å². The topological polar surface area (TPSA) is 15.3 Å². The molecule has 1 aromatic carbocycles. The summed E-state index contributed by atoms with van der Waals surface area (Å²) in [5, 5.41) is 3.28. The zero-order valence-corrected chi connectivity index (χ0v) is 13.0. The molecule has 0 spiro atoms. The van der Waals surface area contributed by atoms with Crippen LogP contribution in [-0.4, -0.2) is 31.6 Å². The van der Waals surface area contributed by atoms with Gasteiger partial charge in [0.15, 0.2) is 0 Å². The van der Waals surface area contributed by atoms with Gasteiger partial charge in [-0.3, -0.25) is 4.90 Å². The first kappa shape index (κ1) is 15.5. The second-order valence-electron chi connectivity index (χ2n) is 5.97. The van der Waals surface area contributed by atoms with Crippen LogP contribution >= 0.6 is 0 Å². The summed E-state index contributed by atoms with van der Waals surface area (Å²) >= 11 is 0. The summed E-state index contributed by atoms with van der Waals surface area (Å²) in [5.41, 5.74) is 2.03. The van der Waals surface area contributed by atoms with Crippen molar-refractivity contribution in [1.29, 1.82) is 0 Å². The van der Waals surface area contributed by atoms with Crippen molar-refractivity contribution in [3.05, 3.63) is 35.1 Å². The number of likely N-dealkylation sites (tertiary alicyclic amines) is 1. The normalized spacial score (nSPS) is 24.0. The van der Waals surface area contributed by atoms with Crippen LogP contribution in [0.5, 0.6) is 0 Å². The third kappa shape index (κ3) is 3.39. The Balaban J connectivity index is 2.34. The summed E-state index contributed by atoms with van der Waals surface area (Å²) in [6.45, 7) is 7.34. The molecule has 0 amide bonds. The third-order valence-corrected chi connectivity index (χ3v) is 4.31. The van der Waals surface area contributed by atoms with Gasteiger partial charge in [0, 0.05) is 11.6 Å². The van der Waals surface area contributed by atoms with E-state index < -0.39 is 0 Å². The lowest BCUT2D eigenvalue weighted by molar-refractivity contribution is 0.0897. The van der Waals surface area contributed by atoms with Gasteiger partial charge in [0.05, 0.1) is 0 Å². The molecule has 112 valence electrons. The van der Waals surface area contributed by atoms with Crippen LogP contribution in [0, 0.1) is 18.7 Å². The monoisotopic (exact) mass is 278 g/mol. The Morgan fingerprint density at radius 3 is 2.90 bits per heavy atom. The fraction of sp³-hybridized carbons (Fsp3) is 0.647. The molecule has 3 heteroatoms.